The van der Waals surface area contributed by atoms with E-state index in [0.717, 1.165) is 6.54 Å². The van der Waals surface area contributed by atoms with E-state index >= 15 is 0 Å². The van der Waals surface area contributed by atoms with Crippen molar-refractivity contribution in [2.75, 3.05) is 6.54 Å². The maximum absolute atomic E-state index is 5.41. The lowest BCUT2D eigenvalue weighted by molar-refractivity contribution is 0.480. The molecule has 0 rings (SSSR count). The first kappa shape index (κ1) is 9.17. The summed E-state index contributed by atoms with van der Waals surface area (Å²) < 4.78 is 0. The summed E-state index contributed by atoms with van der Waals surface area (Å²) in [6, 6.07) is 0. The maximum atomic E-state index is 5.41. The Hall–Kier alpha value is -0.830. The van der Waals surface area contributed by atoms with E-state index in [2.05, 4.69) is 4.99 Å². The number of hydrazine groups is 1. The van der Waals surface area contributed by atoms with Gasteiger partial charge in [0.25, 0.3) is 0 Å². The van der Waals surface area contributed by atoms with E-state index in [1.165, 1.54) is 10.6 Å². The molecule has 0 aliphatic heterocycles. The van der Waals surface area contributed by atoms with Crippen molar-refractivity contribution in [3.05, 3.63) is 11.8 Å². The lowest BCUT2D eigenvalue weighted by Crippen LogP contribution is -2.28. The van der Waals surface area contributed by atoms with Crippen LogP contribution in [0, 0.1) is 0 Å². The van der Waals surface area contributed by atoms with Gasteiger partial charge in [-0.2, -0.15) is 0 Å². The second kappa shape index (κ2) is 4.99. The zero-order valence-electron chi connectivity index (χ0n) is 6.83. The molecular weight excluding hydrogens is 126 g/mol. The molecule has 0 aliphatic rings. The number of hydrogen-bond acceptors (Lipinski definition) is 2. The standard InChI is InChI=1S/C7H15N3/c1-4-10(8)6-9-5-7(2)3/h5-6H,4,8H2,1-3H3. The van der Waals surface area contributed by atoms with Crippen molar-refractivity contribution in [3.8, 4) is 0 Å². The van der Waals surface area contributed by atoms with Crippen LogP contribution < -0.4 is 5.84 Å². The highest BCUT2D eigenvalue weighted by molar-refractivity contribution is 5.54. The highest BCUT2D eigenvalue weighted by atomic mass is 15.4. The Bertz CT molecular complexity index is 134. The van der Waals surface area contributed by atoms with Crippen LogP contribution in [0.15, 0.2) is 16.8 Å². The minimum atomic E-state index is 0.778. The fourth-order valence-electron chi connectivity index (χ4n) is 0.350. The highest BCUT2D eigenvalue weighted by Crippen LogP contribution is 1.86. The maximum Gasteiger partial charge on any atom is 0.104 e. The van der Waals surface area contributed by atoms with Gasteiger partial charge >= 0.3 is 0 Å². The molecule has 0 bridgehead atoms. The lowest BCUT2D eigenvalue weighted by atomic mass is 10.4. The van der Waals surface area contributed by atoms with Crippen LogP contribution in [0.25, 0.3) is 0 Å². The Labute approximate surface area is 62.2 Å². The second-order valence-electron chi connectivity index (χ2n) is 2.30. The van der Waals surface area contributed by atoms with Gasteiger partial charge in [-0.25, -0.2) is 10.8 Å². The van der Waals surface area contributed by atoms with Crippen molar-refractivity contribution in [3.63, 3.8) is 0 Å². The van der Waals surface area contributed by atoms with Crippen LogP contribution in [-0.4, -0.2) is 17.9 Å². The molecule has 0 radical (unpaired) electrons. The predicted octanol–water partition coefficient (Wildman–Crippen LogP) is 1.13. The van der Waals surface area contributed by atoms with Gasteiger partial charge in [0.15, 0.2) is 0 Å². The Morgan fingerprint density at radius 3 is 2.60 bits per heavy atom. The first-order valence-corrected chi connectivity index (χ1v) is 3.34. The molecule has 0 aliphatic carbocycles. The monoisotopic (exact) mass is 141 g/mol. The summed E-state index contributed by atoms with van der Waals surface area (Å²) >= 11 is 0. The summed E-state index contributed by atoms with van der Waals surface area (Å²) in [5.74, 6) is 5.41. The average Bonchev–Trinajstić information content (AvgIpc) is 1.87. The van der Waals surface area contributed by atoms with E-state index in [4.69, 9.17) is 5.84 Å². The zero-order chi connectivity index (χ0) is 7.98. The molecule has 0 unspecified atom stereocenters. The predicted molar refractivity (Wildman–Crippen MR) is 44.5 cm³/mol. The smallest absolute Gasteiger partial charge is 0.104 e. The first-order chi connectivity index (χ1) is 4.66. The fourth-order valence-corrected chi connectivity index (χ4v) is 0.350. The van der Waals surface area contributed by atoms with Gasteiger partial charge in [0.1, 0.15) is 6.34 Å². The molecule has 3 heteroatoms. The van der Waals surface area contributed by atoms with E-state index < -0.39 is 0 Å². The molecule has 10 heavy (non-hydrogen) atoms. The number of aliphatic imine (C=N–C) groups is 1. The van der Waals surface area contributed by atoms with E-state index in [1.54, 1.807) is 12.5 Å². The third-order valence-electron chi connectivity index (χ3n) is 0.913. The third kappa shape index (κ3) is 5.31. The van der Waals surface area contributed by atoms with Crippen molar-refractivity contribution < 1.29 is 0 Å². The number of allylic oxidation sites excluding steroid dienone is 1. The Morgan fingerprint density at radius 2 is 2.20 bits per heavy atom. The number of hydrogen-bond donors (Lipinski definition) is 1. The summed E-state index contributed by atoms with van der Waals surface area (Å²) in [5, 5.41) is 1.53. The lowest BCUT2D eigenvalue weighted by Gasteiger charge is -2.06. The molecule has 0 heterocycles. The van der Waals surface area contributed by atoms with Gasteiger partial charge in [0, 0.05) is 12.7 Å². The molecule has 0 aromatic carbocycles. The Balaban J connectivity index is 3.66. The van der Waals surface area contributed by atoms with Crippen LogP contribution in [-0.2, 0) is 0 Å². The number of rotatable bonds is 3. The largest absolute Gasteiger partial charge is 0.301 e. The molecule has 0 spiro atoms. The molecule has 3 nitrogen and oxygen atoms in total. The van der Waals surface area contributed by atoms with Crippen LogP contribution in [0.3, 0.4) is 0 Å². The van der Waals surface area contributed by atoms with Crippen LogP contribution in [0.4, 0.5) is 0 Å². The van der Waals surface area contributed by atoms with Gasteiger partial charge in [-0.05, 0) is 20.8 Å². The normalized spacial score (nSPS) is 10.0. The molecule has 58 valence electrons. The van der Waals surface area contributed by atoms with Crippen LogP contribution in [0.1, 0.15) is 20.8 Å². The molecule has 0 aromatic rings. The van der Waals surface area contributed by atoms with Gasteiger partial charge in [-0.1, -0.05) is 5.57 Å². The van der Waals surface area contributed by atoms with Crippen molar-refractivity contribution in [1.29, 1.82) is 0 Å². The van der Waals surface area contributed by atoms with Crippen molar-refractivity contribution >= 4 is 6.34 Å². The molecule has 0 amide bonds. The summed E-state index contributed by atoms with van der Waals surface area (Å²) in [6.45, 7) is 6.73. The molecule has 0 fully saturated rings. The van der Waals surface area contributed by atoms with Crippen molar-refractivity contribution in [2.24, 2.45) is 10.8 Å². The molecule has 0 saturated carbocycles. The average molecular weight is 141 g/mol. The second-order valence-corrected chi connectivity index (χ2v) is 2.30. The van der Waals surface area contributed by atoms with Gasteiger partial charge < -0.3 is 5.01 Å². The Morgan fingerprint density at radius 1 is 1.60 bits per heavy atom. The van der Waals surface area contributed by atoms with Gasteiger partial charge in [-0.15, -0.1) is 0 Å². The van der Waals surface area contributed by atoms with Gasteiger partial charge in [0.2, 0.25) is 0 Å². The summed E-state index contributed by atoms with van der Waals surface area (Å²) in [7, 11) is 0. The molecule has 0 aromatic heterocycles. The van der Waals surface area contributed by atoms with Crippen molar-refractivity contribution in [1.82, 2.24) is 5.01 Å². The highest BCUT2D eigenvalue weighted by Gasteiger charge is 1.80. The quantitative estimate of drug-likeness (QED) is 0.277. The first-order valence-electron chi connectivity index (χ1n) is 3.34. The fraction of sp³-hybridized carbons (Fsp3) is 0.571. The van der Waals surface area contributed by atoms with Gasteiger partial charge in [-0.3, -0.25) is 0 Å². The summed E-state index contributed by atoms with van der Waals surface area (Å²) in [4.78, 5) is 3.96. The SMILES string of the molecule is CCN(N)C=NC=C(C)C. The summed E-state index contributed by atoms with van der Waals surface area (Å²) in [5.41, 5.74) is 1.17. The van der Waals surface area contributed by atoms with Crippen molar-refractivity contribution in [2.45, 2.75) is 20.8 Å². The van der Waals surface area contributed by atoms with E-state index in [-0.39, 0.29) is 0 Å². The van der Waals surface area contributed by atoms with E-state index in [9.17, 15) is 0 Å². The molecular formula is C7H15N3. The number of nitrogens with zero attached hydrogens (tertiary/aromatic N) is 2. The van der Waals surface area contributed by atoms with Crippen LogP contribution in [0.2, 0.25) is 0 Å². The molecule has 2 N–H and O–H groups in total. The topological polar surface area (TPSA) is 41.6 Å². The van der Waals surface area contributed by atoms with Gasteiger partial charge in [0.05, 0.1) is 0 Å². The van der Waals surface area contributed by atoms with E-state index in [1.807, 2.05) is 20.8 Å². The molecule has 0 saturated heterocycles. The number of nitrogens with two attached hydrogens (primary N) is 1. The Kier molecular flexibility index (Phi) is 4.58. The third-order valence-corrected chi connectivity index (χ3v) is 0.913. The van der Waals surface area contributed by atoms with Crippen LogP contribution in [0.5, 0.6) is 0 Å². The van der Waals surface area contributed by atoms with Crippen LogP contribution >= 0.6 is 0 Å². The summed E-state index contributed by atoms with van der Waals surface area (Å²) in [6.07, 6.45) is 3.38. The minimum Gasteiger partial charge on any atom is -0.301 e. The zero-order valence-corrected chi connectivity index (χ0v) is 6.83. The van der Waals surface area contributed by atoms with E-state index in [0.29, 0.717) is 0 Å². The minimum absolute atomic E-state index is 0.778. The molecule has 0 atom stereocenters.